The third kappa shape index (κ3) is 4.08. The summed E-state index contributed by atoms with van der Waals surface area (Å²) in [5.74, 6) is -0.134. The lowest BCUT2D eigenvalue weighted by molar-refractivity contribution is -0.187. The van der Waals surface area contributed by atoms with Gasteiger partial charge in [0.15, 0.2) is 0 Å². The molecule has 0 aromatic heterocycles. The largest absolute Gasteiger partial charge is 0.489 e. The van der Waals surface area contributed by atoms with Gasteiger partial charge in [0, 0.05) is 5.41 Å². The van der Waals surface area contributed by atoms with Crippen molar-refractivity contribution in [2.24, 2.45) is 50.2 Å². The van der Waals surface area contributed by atoms with E-state index in [1.807, 2.05) is 13.0 Å². The second kappa shape index (κ2) is 9.47. The molecule has 0 heterocycles. The molecular weight excluding hydrogens is 536 g/mol. The molecule has 2 N–H and O–H groups in total. The van der Waals surface area contributed by atoms with Crippen molar-refractivity contribution in [2.45, 2.75) is 112 Å². The second-order valence-electron chi connectivity index (χ2n) is 17.0. The lowest BCUT2D eigenvalue weighted by Gasteiger charge is -2.71. The summed E-state index contributed by atoms with van der Waals surface area (Å²) in [4.78, 5) is 24.4. The van der Waals surface area contributed by atoms with Crippen LogP contribution in [0.2, 0.25) is 0 Å². The highest BCUT2D eigenvalue weighted by Crippen LogP contribution is 2.76. The number of para-hydroxylation sites is 1. The number of allylic oxidation sites excluding steroid dienone is 3. The van der Waals surface area contributed by atoms with Crippen LogP contribution in [-0.4, -0.2) is 28.3 Å². The van der Waals surface area contributed by atoms with Crippen molar-refractivity contribution in [1.82, 2.24) is 0 Å². The van der Waals surface area contributed by atoms with Gasteiger partial charge >= 0.3 is 11.9 Å². The van der Waals surface area contributed by atoms with Crippen LogP contribution in [0.15, 0.2) is 48.1 Å². The Labute approximate surface area is 258 Å². The molecule has 5 heteroatoms. The zero-order chi connectivity index (χ0) is 31.4. The molecule has 5 nitrogen and oxygen atoms in total. The molecule has 9 atom stereocenters. The molecule has 0 aliphatic heterocycles. The molecule has 7 unspecified atom stereocenters. The highest BCUT2D eigenvalue weighted by Gasteiger charge is 2.69. The summed E-state index contributed by atoms with van der Waals surface area (Å²) < 4.78 is 6.60. The molecule has 0 bridgehead atoms. The standard InChI is InChI=1S/C38H52O5/c1-23-21-25-26-22-35(5,32(41)42)18-17-34(26,4)19-20-37(25,7)38(8)16-13-28-33(2,3)29(14-15-36(28,6)30(23)38)43-27-12-10-9-11-24(27)31(39)40/h9-12,21,26,28-30H,1,13-20,22H2,2-8H3,(H,39,40)(H,41,42)/t26?,28?,29?,30?,34?,35-,36?,37+,38?/m0/s1. The van der Waals surface area contributed by atoms with Crippen LogP contribution >= 0.6 is 0 Å². The number of hydrogen-bond donors (Lipinski definition) is 2. The van der Waals surface area contributed by atoms with Crippen molar-refractivity contribution in [2.75, 3.05) is 0 Å². The quantitative estimate of drug-likeness (QED) is 0.366. The number of fused-ring (bicyclic) bond motifs is 7. The van der Waals surface area contributed by atoms with Gasteiger partial charge in [0.25, 0.3) is 0 Å². The first kappa shape index (κ1) is 30.5. The lowest BCUT2D eigenvalue weighted by Crippen LogP contribution is -2.65. The maximum Gasteiger partial charge on any atom is 0.339 e. The van der Waals surface area contributed by atoms with Crippen LogP contribution in [0.25, 0.3) is 0 Å². The van der Waals surface area contributed by atoms with Gasteiger partial charge in [-0.1, -0.05) is 77.5 Å². The third-order valence-electron chi connectivity index (χ3n) is 14.5. The zero-order valence-electron chi connectivity index (χ0n) is 27.4. The molecular formula is C38H52O5. The average Bonchev–Trinajstić information content (AvgIpc) is 2.92. The van der Waals surface area contributed by atoms with Gasteiger partial charge in [0.05, 0.1) is 5.41 Å². The van der Waals surface area contributed by atoms with Crippen molar-refractivity contribution in [3.63, 3.8) is 0 Å². The van der Waals surface area contributed by atoms with E-state index in [0.717, 1.165) is 57.8 Å². The van der Waals surface area contributed by atoms with Gasteiger partial charge in [0.2, 0.25) is 0 Å². The summed E-state index contributed by atoms with van der Waals surface area (Å²) in [5, 5.41) is 20.0. The van der Waals surface area contributed by atoms with Crippen LogP contribution in [0.3, 0.4) is 0 Å². The molecule has 0 amide bonds. The Kier molecular flexibility index (Phi) is 6.71. The van der Waals surface area contributed by atoms with Gasteiger partial charge in [-0.3, -0.25) is 4.79 Å². The Bertz CT molecular complexity index is 1410. The Morgan fingerprint density at radius 3 is 2.23 bits per heavy atom. The maximum atomic E-state index is 12.4. The van der Waals surface area contributed by atoms with E-state index < -0.39 is 17.4 Å². The Morgan fingerprint density at radius 2 is 1.56 bits per heavy atom. The second-order valence-corrected chi connectivity index (χ2v) is 17.0. The zero-order valence-corrected chi connectivity index (χ0v) is 27.4. The van der Waals surface area contributed by atoms with Gasteiger partial charge < -0.3 is 14.9 Å². The first-order chi connectivity index (χ1) is 19.9. The van der Waals surface area contributed by atoms with Gasteiger partial charge in [-0.15, -0.1) is 0 Å². The fraction of sp³-hybridized carbons (Fsp3) is 0.684. The molecule has 1 aromatic rings. The predicted molar refractivity (Wildman–Crippen MR) is 169 cm³/mol. The lowest BCUT2D eigenvalue weighted by atomic mass is 9.33. The maximum absolute atomic E-state index is 12.4. The molecule has 43 heavy (non-hydrogen) atoms. The van der Waals surface area contributed by atoms with Crippen molar-refractivity contribution >= 4 is 11.9 Å². The van der Waals surface area contributed by atoms with Crippen molar-refractivity contribution in [1.29, 1.82) is 0 Å². The SMILES string of the molecule is C=C1C=C2C3C[C@@](C)(C(=O)O)CCC3(C)CC[C@@]2(C)C2(C)CCC3C(C)(C)C(Oc4ccccc4C(=O)O)CCC3(C)C12. The van der Waals surface area contributed by atoms with Crippen molar-refractivity contribution < 1.29 is 24.5 Å². The Morgan fingerprint density at radius 1 is 0.884 bits per heavy atom. The molecule has 1 aromatic carbocycles. The van der Waals surface area contributed by atoms with Gasteiger partial charge in [-0.25, -0.2) is 4.79 Å². The molecule has 5 aliphatic rings. The van der Waals surface area contributed by atoms with Crippen molar-refractivity contribution in [3.05, 3.63) is 53.6 Å². The number of carboxylic acids is 2. The third-order valence-corrected chi connectivity index (χ3v) is 14.5. The summed E-state index contributed by atoms with van der Waals surface area (Å²) in [7, 11) is 0. The summed E-state index contributed by atoms with van der Waals surface area (Å²) in [6, 6.07) is 7.02. The molecule has 5 aliphatic carbocycles. The van der Waals surface area contributed by atoms with Crippen molar-refractivity contribution in [3.8, 4) is 5.75 Å². The van der Waals surface area contributed by atoms with Crippen LogP contribution < -0.4 is 4.74 Å². The fourth-order valence-electron chi connectivity index (χ4n) is 11.7. The van der Waals surface area contributed by atoms with E-state index in [2.05, 4.69) is 47.6 Å². The summed E-state index contributed by atoms with van der Waals surface area (Å²) in [6.45, 7) is 21.4. The first-order valence-electron chi connectivity index (χ1n) is 16.6. The highest BCUT2D eigenvalue weighted by molar-refractivity contribution is 5.90. The number of ether oxygens (including phenoxy) is 1. The molecule has 0 radical (unpaired) electrons. The minimum atomic E-state index is -0.956. The molecule has 0 saturated heterocycles. The van der Waals surface area contributed by atoms with Crippen LogP contribution in [0, 0.1) is 50.2 Å². The summed E-state index contributed by atoms with van der Waals surface area (Å²) in [6.07, 6.45) is 11.2. The van der Waals surface area contributed by atoms with Gasteiger partial charge in [-0.05, 0) is 116 Å². The minimum Gasteiger partial charge on any atom is -0.489 e. The van der Waals surface area contributed by atoms with Gasteiger partial charge in [0.1, 0.15) is 17.4 Å². The molecule has 234 valence electrons. The van der Waals surface area contributed by atoms with E-state index in [1.54, 1.807) is 18.2 Å². The van der Waals surface area contributed by atoms with Gasteiger partial charge in [-0.2, -0.15) is 0 Å². The number of aliphatic carboxylic acids is 1. The topological polar surface area (TPSA) is 83.8 Å². The van der Waals surface area contributed by atoms with Crippen LogP contribution in [-0.2, 0) is 4.79 Å². The molecule has 6 rings (SSSR count). The van der Waals surface area contributed by atoms with E-state index in [4.69, 9.17) is 11.3 Å². The Balaban J connectivity index is 1.36. The monoisotopic (exact) mass is 588 g/mol. The average molecular weight is 589 g/mol. The number of carboxylic acid groups (broad SMARTS) is 2. The number of aromatic carboxylic acids is 1. The number of carbonyl (C=O) groups is 2. The summed E-state index contributed by atoms with van der Waals surface area (Å²) in [5.41, 5.74) is 2.35. The molecule has 4 fully saturated rings. The van der Waals surface area contributed by atoms with E-state index in [1.165, 1.54) is 11.1 Å². The van der Waals surface area contributed by atoms with Crippen LogP contribution in [0.4, 0.5) is 0 Å². The normalized spacial score (nSPS) is 45.0. The Hall–Kier alpha value is -2.56. The first-order valence-corrected chi connectivity index (χ1v) is 16.6. The van der Waals surface area contributed by atoms with E-state index >= 15 is 0 Å². The number of benzene rings is 1. The minimum absolute atomic E-state index is 0.00564. The predicted octanol–water partition coefficient (Wildman–Crippen LogP) is 9.18. The number of hydrogen-bond acceptors (Lipinski definition) is 3. The van der Waals surface area contributed by atoms with E-state index in [0.29, 0.717) is 17.6 Å². The van der Waals surface area contributed by atoms with Crippen LogP contribution in [0.5, 0.6) is 5.75 Å². The smallest absolute Gasteiger partial charge is 0.339 e. The number of rotatable bonds is 4. The van der Waals surface area contributed by atoms with E-state index in [9.17, 15) is 19.8 Å². The summed E-state index contributed by atoms with van der Waals surface area (Å²) >= 11 is 0. The molecule has 4 saturated carbocycles. The fourth-order valence-corrected chi connectivity index (χ4v) is 11.7. The van der Waals surface area contributed by atoms with Crippen LogP contribution in [0.1, 0.15) is 117 Å². The highest BCUT2D eigenvalue weighted by atomic mass is 16.5. The molecule has 0 spiro atoms. The van der Waals surface area contributed by atoms with E-state index in [-0.39, 0.29) is 44.7 Å².